The topological polar surface area (TPSA) is 108 Å². The largest absolute Gasteiger partial charge is 0.417 e. The van der Waals surface area contributed by atoms with E-state index in [-0.39, 0.29) is 25.3 Å². The maximum atomic E-state index is 13.4. The van der Waals surface area contributed by atoms with Crippen molar-refractivity contribution >= 4 is 29.2 Å². The Balaban J connectivity index is 1.61. The number of piperazine rings is 1. The quantitative estimate of drug-likeness (QED) is 0.721. The molecule has 2 aliphatic heterocycles. The van der Waals surface area contributed by atoms with Crippen LogP contribution in [0.15, 0.2) is 24.3 Å². The number of halogens is 3. The molecule has 0 saturated carbocycles. The summed E-state index contributed by atoms with van der Waals surface area (Å²) in [6.45, 7) is 3.95. The average Bonchev–Trinajstić information content (AvgIpc) is 2.79. The summed E-state index contributed by atoms with van der Waals surface area (Å²) in [4.78, 5) is 40.9. The van der Waals surface area contributed by atoms with Crippen LogP contribution in [0.1, 0.15) is 38.9 Å². The van der Waals surface area contributed by atoms with Crippen molar-refractivity contribution in [2.75, 3.05) is 36.4 Å². The summed E-state index contributed by atoms with van der Waals surface area (Å²) in [5.74, 6) is -1.30. The van der Waals surface area contributed by atoms with Gasteiger partial charge in [-0.2, -0.15) is 13.2 Å². The molecule has 0 bridgehead atoms. The Bertz CT molecular complexity index is 1140. The van der Waals surface area contributed by atoms with E-state index >= 15 is 0 Å². The van der Waals surface area contributed by atoms with Crippen molar-refractivity contribution in [3.8, 4) is 0 Å². The van der Waals surface area contributed by atoms with Gasteiger partial charge < -0.3 is 20.4 Å². The van der Waals surface area contributed by atoms with Gasteiger partial charge in [0.25, 0.3) is 11.8 Å². The molecular formula is C21H21F3N6O3. The summed E-state index contributed by atoms with van der Waals surface area (Å²) in [7, 11) is 0. The van der Waals surface area contributed by atoms with E-state index in [0.717, 1.165) is 12.1 Å². The zero-order valence-electron chi connectivity index (χ0n) is 17.9. The molecule has 0 aliphatic carbocycles. The first-order valence-electron chi connectivity index (χ1n) is 10.3. The number of aromatic nitrogens is 2. The molecule has 1 unspecified atom stereocenters. The summed E-state index contributed by atoms with van der Waals surface area (Å²) in [6, 6.07) is 3.73. The van der Waals surface area contributed by atoms with Crippen molar-refractivity contribution in [2.24, 2.45) is 0 Å². The van der Waals surface area contributed by atoms with E-state index in [1.54, 1.807) is 18.7 Å². The summed E-state index contributed by atoms with van der Waals surface area (Å²) < 4.78 is 40.1. The van der Waals surface area contributed by atoms with Crippen LogP contribution in [-0.2, 0) is 11.0 Å². The first-order valence-corrected chi connectivity index (χ1v) is 10.3. The van der Waals surface area contributed by atoms with Crippen LogP contribution < -0.4 is 15.5 Å². The van der Waals surface area contributed by atoms with Gasteiger partial charge in [-0.05, 0) is 26.0 Å². The maximum Gasteiger partial charge on any atom is 0.417 e. The second kappa shape index (κ2) is 8.34. The fourth-order valence-electron chi connectivity index (χ4n) is 4.06. The van der Waals surface area contributed by atoms with E-state index in [1.807, 2.05) is 0 Å². The van der Waals surface area contributed by atoms with Gasteiger partial charge in [-0.3, -0.25) is 14.4 Å². The molecule has 1 aromatic heterocycles. The zero-order chi connectivity index (χ0) is 23.9. The van der Waals surface area contributed by atoms with Crippen molar-refractivity contribution in [3.05, 3.63) is 46.6 Å². The minimum atomic E-state index is -4.68. The highest BCUT2D eigenvalue weighted by Crippen LogP contribution is 2.36. The predicted octanol–water partition coefficient (Wildman–Crippen LogP) is 1.84. The normalized spacial score (nSPS) is 17.7. The van der Waals surface area contributed by atoms with Gasteiger partial charge in [0.2, 0.25) is 5.91 Å². The Kier molecular flexibility index (Phi) is 5.68. The first kappa shape index (κ1) is 22.5. The van der Waals surface area contributed by atoms with Gasteiger partial charge in [0, 0.05) is 25.2 Å². The highest BCUT2D eigenvalue weighted by molar-refractivity contribution is 6.06. The van der Waals surface area contributed by atoms with Gasteiger partial charge in [0.05, 0.1) is 23.4 Å². The highest BCUT2D eigenvalue weighted by atomic mass is 19.4. The lowest BCUT2D eigenvalue weighted by molar-refractivity contribution is -0.138. The first-order chi connectivity index (χ1) is 15.6. The monoisotopic (exact) mass is 462 g/mol. The van der Waals surface area contributed by atoms with Crippen LogP contribution >= 0.6 is 0 Å². The number of carbonyl (C=O) groups is 3. The number of anilines is 2. The number of amides is 3. The number of hydrogen-bond donors (Lipinski definition) is 2. The molecule has 2 aromatic rings. The van der Waals surface area contributed by atoms with Gasteiger partial charge >= 0.3 is 6.18 Å². The fourth-order valence-corrected chi connectivity index (χ4v) is 4.06. The molecule has 1 saturated heterocycles. The van der Waals surface area contributed by atoms with E-state index in [9.17, 15) is 27.6 Å². The number of hydrogen-bond acceptors (Lipinski definition) is 6. The molecule has 3 heterocycles. The predicted molar refractivity (Wildman–Crippen MR) is 112 cm³/mol. The Morgan fingerprint density at radius 3 is 2.64 bits per heavy atom. The summed E-state index contributed by atoms with van der Waals surface area (Å²) in [5.41, 5.74) is -0.579. The van der Waals surface area contributed by atoms with Gasteiger partial charge in [-0.25, -0.2) is 0 Å². The van der Waals surface area contributed by atoms with Crippen LogP contribution in [0.5, 0.6) is 0 Å². The van der Waals surface area contributed by atoms with Crippen molar-refractivity contribution in [3.63, 3.8) is 0 Å². The van der Waals surface area contributed by atoms with E-state index in [0.29, 0.717) is 23.6 Å². The number of rotatable bonds is 3. The molecular weight excluding hydrogens is 441 g/mol. The summed E-state index contributed by atoms with van der Waals surface area (Å²) in [6.07, 6.45) is -4.68. The molecule has 174 valence electrons. The molecule has 1 aromatic carbocycles. The third-order valence-electron chi connectivity index (χ3n) is 5.70. The smallest absolute Gasteiger partial charge is 0.351 e. The van der Waals surface area contributed by atoms with E-state index in [2.05, 4.69) is 20.8 Å². The van der Waals surface area contributed by atoms with E-state index < -0.39 is 41.1 Å². The van der Waals surface area contributed by atoms with Crippen molar-refractivity contribution in [2.45, 2.75) is 26.1 Å². The van der Waals surface area contributed by atoms with Crippen LogP contribution in [0, 0.1) is 6.92 Å². The third kappa shape index (κ3) is 3.96. The van der Waals surface area contributed by atoms with Crippen LogP contribution in [0.2, 0.25) is 0 Å². The van der Waals surface area contributed by atoms with Crippen LogP contribution in [0.3, 0.4) is 0 Å². The molecule has 1 atom stereocenters. The number of nitrogens with one attached hydrogen (secondary N) is 2. The second-order valence-corrected chi connectivity index (χ2v) is 7.72. The summed E-state index contributed by atoms with van der Waals surface area (Å²) >= 11 is 0. The molecule has 3 amide bonds. The lowest BCUT2D eigenvalue weighted by Crippen LogP contribution is -2.61. The molecule has 33 heavy (non-hydrogen) atoms. The number of benzene rings is 1. The third-order valence-corrected chi connectivity index (χ3v) is 5.70. The molecule has 12 heteroatoms. The zero-order valence-corrected chi connectivity index (χ0v) is 17.9. The van der Waals surface area contributed by atoms with Gasteiger partial charge in [-0.1, -0.05) is 12.1 Å². The van der Waals surface area contributed by atoms with Crippen molar-refractivity contribution in [1.29, 1.82) is 0 Å². The number of carbonyl (C=O) groups excluding carboxylic acids is 3. The second-order valence-electron chi connectivity index (χ2n) is 7.72. The Labute approximate surface area is 186 Å². The average molecular weight is 462 g/mol. The van der Waals surface area contributed by atoms with Crippen molar-refractivity contribution in [1.82, 2.24) is 20.4 Å². The molecule has 0 spiro atoms. The molecule has 2 aliphatic rings. The Morgan fingerprint density at radius 1 is 1.21 bits per heavy atom. The molecule has 2 N–H and O–H groups in total. The maximum absolute atomic E-state index is 13.4. The minimum absolute atomic E-state index is 0.0897. The Hall–Kier alpha value is -3.70. The standard InChI is InChI=1S/C21H21F3N6O3/c1-3-25-19(32)16-11(2)15-17(28-27-16)30-9-8-29(10-14(30)18(31)26-15)20(33)12-6-4-5-7-13(12)21(22,23)24/h4-7,14H,3,8-10H2,1-2H3,(H,25,32)(H,26,31). The van der Waals surface area contributed by atoms with Crippen molar-refractivity contribution < 1.29 is 27.6 Å². The van der Waals surface area contributed by atoms with Gasteiger partial charge in [-0.15, -0.1) is 10.2 Å². The highest BCUT2D eigenvalue weighted by Gasteiger charge is 2.42. The van der Waals surface area contributed by atoms with E-state index in [4.69, 9.17) is 0 Å². The SMILES string of the molecule is CCNC(=O)c1nnc2c(c1C)NC(=O)C1CN(C(=O)c3ccccc3C(F)(F)F)CCN21. The Morgan fingerprint density at radius 2 is 1.94 bits per heavy atom. The van der Waals surface area contributed by atoms with Gasteiger partial charge in [0.15, 0.2) is 11.5 Å². The molecule has 9 nitrogen and oxygen atoms in total. The molecule has 0 radical (unpaired) electrons. The van der Waals surface area contributed by atoms with Gasteiger partial charge in [0.1, 0.15) is 6.04 Å². The fraction of sp³-hybridized carbons (Fsp3) is 0.381. The lowest BCUT2D eigenvalue weighted by atomic mass is 10.0. The minimum Gasteiger partial charge on any atom is -0.351 e. The van der Waals surface area contributed by atoms with E-state index in [1.165, 1.54) is 17.0 Å². The number of nitrogens with zero attached hydrogens (tertiary/aromatic N) is 4. The summed E-state index contributed by atoms with van der Waals surface area (Å²) in [5, 5.41) is 13.5. The van der Waals surface area contributed by atoms with Crippen LogP contribution in [0.4, 0.5) is 24.7 Å². The lowest BCUT2D eigenvalue weighted by Gasteiger charge is -2.44. The number of fused-ring (bicyclic) bond motifs is 3. The number of alkyl halides is 3. The van der Waals surface area contributed by atoms with Crippen LogP contribution in [0.25, 0.3) is 0 Å². The molecule has 4 rings (SSSR count). The molecule has 1 fully saturated rings. The van der Waals surface area contributed by atoms with Crippen LogP contribution in [-0.4, -0.2) is 65.0 Å².